The summed E-state index contributed by atoms with van der Waals surface area (Å²) in [6, 6.07) is 9.80. The van der Waals surface area contributed by atoms with Gasteiger partial charge in [0.1, 0.15) is 5.75 Å². The highest BCUT2D eigenvalue weighted by atomic mass is 16.5. The molecule has 0 amide bonds. The maximum atomic E-state index is 8.88. The fourth-order valence-electron chi connectivity index (χ4n) is 1.66. The molecule has 0 N–H and O–H groups in total. The van der Waals surface area contributed by atoms with Crippen LogP contribution in [0.2, 0.25) is 0 Å². The van der Waals surface area contributed by atoms with Crippen molar-refractivity contribution in [3.63, 3.8) is 0 Å². The lowest BCUT2D eigenvalue weighted by Gasteiger charge is -2.05. The Morgan fingerprint density at radius 1 is 1.18 bits per heavy atom. The van der Waals surface area contributed by atoms with E-state index in [1.54, 1.807) is 19.5 Å². The quantitative estimate of drug-likeness (QED) is 0.787. The zero-order valence-corrected chi connectivity index (χ0v) is 9.77. The van der Waals surface area contributed by atoms with E-state index in [1.165, 1.54) is 0 Å². The highest BCUT2D eigenvalue weighted by Crippen LogP contribution is 2.24. The summed E-state index contributed by atoms with van der Waals surface area (Å²) in [5, 5.41) is 8.88. The van der Waals surface area contributed by atoms with Gasteiger partial charge in [-0.05, 0) is 30.2 Å². The molecule has 1 aromatic carbocycles. The van der Waals surface area contributed by atoms with E-state index in [9.17, 15) is 0 Å². The SMILES string of the molecule is COc1cncc(-c2ccc(C#N)c(C)c2)c1. The number of aromatic nitrogens is 1. The number of ether oxygens (including phenoxy) is 1. The number of pyridine rings is 1. The zero-order valence-electron chi connectivity index (χ0n) is 9.77. The van der Waals surface area contributed by atoms with Crippen molar-refractivity contribution < 1.29 is 4.74 Å². The number of hydrogen-bond acceptors (Lipinski definition) is 3. The minimum absolute atomic E-state index is 0.699. The van der Waals surface area contributed by atoms with E-state index in [-0.39, 0.29) is 0 Å². The van der Waals surface area contributed by atoms with Crippen molar-refractivity contribution >= 4 is 0 Å². The first-order chi connectivity index (χ1) is 8.24. The van der Waals surface area contributed by atoms with Gasteiger partial charge in [-0.25, -0.2) is 0 Å². The molecule has 1 heterocycles. The molecule has 0 unspecified atom stereocenters. The Hall–Kier alpha value is -2.34. The number of hydrogen-bond donors (Lipinski definition) is 0. The van der Waals surface area contributed by atoms with E-state index in [0.717, 1.165) is 22.4 Å². The predicted octanol–water partition coefficient (Wildman–Crippen LogP) is 2.94. The van der Waals surface area contributed by atoms with Gasteiger partial charge in [0.15, 0.2) is 0 Å². The standard InChI is InChI=1S/C14H12N2O/c1-10-5-11(3-4-12(10)7-15)13-6-14(17-2)9-16-8-13/h3-6,8-9H,1-2H3. The van der Waals surface area contributed by atoms with Gasteiger partial charge >= 0.3 is 0 Å². The molecule has 0 bridgehead atoms. The second-order valence-corrected chi connectivity index (χ2v) is 3.75. The Morgan fingerprint density at radius 2 is 2.00 bits per heavy atom. The molecule has 0 spiro atoms. The molecular weight excluding hydrogens is 212 g/mol. The van der Waals surface area contributed by atoms with Gasteiger partial charge in [0.25, 0.3) is 0 Å². The number of benzene rings is 1. The summed E-state index contributed by atoms with van der Waals surface area (Å²) in [6.07, 6.45) is 3.45. The van der Waals surface area contributed by atoms with Gasteiger partial charge < -0.3 is 4.74 Å². The first-order valence-corrected chi connectivity index (χ1v) is 5.25. The van der Waals surface area contributed by atoms with Gasteiger partial charge in [-0.15, -0.1) is 0 Å². The molecule has 0 saturated heterocycles. The third kappa shape index (κ3) is 2.26. The first-order valence-electron chi connectivity index (χ1n) is 5.25. The van der Waals surface area contributed by atoms with E-state index < -0.39 is 0 Å². The van der Waals surface area contributed by atoms with Crippen LogP contribution in [0, 0.1) is 18.3 Å². The Kier molecular flexibility index (Phi) is 3.06. The molecule has 0 aliphatic rings. The molecule has 0 fully saturated rings. The fourth-order valence-corrected chi connectivity index (χ4v) is 1.66. The lowest BCUT2D eigenvalue weighted by atomic mass is 10.0. The molecule has 1 aromatic heterocycles. The topological polar surface area (TPSA) is 45.9 Å². The molecule has 0 aliphatic carbocycles. The van der Waals surface area contributed by atoms with Crippen LogP contribution in [0.4, 0.5) is 0 Å². The molecule has 0 radical (unpaired) electrons. The molecule has 2 rings (SSSR count). The predicted molar refractivity (Wildman–Crippen MR) is 65.7 cm³/mol. The van der Waals surface area contributed by atoms with Gasteiger partial charge in [-0.2, -0.15) is 5.26 Å². The number of methoxy groups -OCH3 is 1. The van der Waals surface area contributed by atoms with Crippen LogP contribution < -0.4 is 4.74 Å². The van der Waals surface area contributed by atoms with Crippen molar-refractivity contribution in [1.82, 2.24) is 4.98 Å². The molecule has 0 saturated carbocycles. The highest BCUT2D eigenvalue weighted by molar-refractivity contribution is 5.66. The van der Waals surface area contributed by atoms with Crippen molar-refractivity contribution in [3.8, 4) is 22.9 Å². The smallest absolute Gasteiger partial charge is 0.137 e. The molecular formula is C14H12N2O. The van der Waals surface area contributed by atoms with E-state index in [0.29, 0.717) is 5.56 Å². The van der Waals surface area contributed by atoms with Gasteiger partial charge in [0, 0.05) is 11.8 Å². The van der Waals surface area contributed by atoms with E-state index in [1.807, 2.05) is 31.2 Å². The van der Waals surface area contributed by atoms with Crippen LogP contribution in [0.1, 0.15) is 11.1 Å². The van der Waals surface area contributed by atoms with Crippen LogP contribution in [0.25, 0.3) is 11.1 Å². The largest absolute Gasteiger partial charge is 0.495 e. The molecule has 3 heteroatoms. The lowest BCUT2D eigenvalue weighted by molar-refractivity contribution is 0.413. The van der Waals surface area contributed by atoms with Crippen LogP contribution in [0.5, 0.6) is 5.75 Å². The zero-order chi connectivity index (χ0) is 12.3. The van der Waals surface area contributed by atoms with E-state index in [2.05, 4.69) is 11.1 Å². The van der Waals surface area contributed by atoms with Crippen LogP contribution in [-0.4, -0.2) is 12.1 Å². The van der Waals surface area contributed by atoms with E-state index in [4.69, 9.17) is 10.00 Å². The maximum absolute atomic E-state index is 8.88. The average Bonchev–Trinajstić information content (AvgIpc) is 2.38. The summed E-state index contributed by atoms with van der Waals surface area (Å²) >= 11 is 0. The third-order valence-corrected chi connectivity index (χ3v) is 2.63. The van der Waals surface area contributed by atoms with E-state index >= 15 is 0 Å². The normalized spacial score (nSPS) is 9.71. The van der Waals surface area contributed by atoms with Crippen LogP contribution in [0.3, 0.4) is 0 Å². The fraction of sp³-hybridized carbons (Fsp3) is 0.143. The Balaban J connectivity index is 2.46. The first kappa shape index (κ1) is 11.2. The van der Waals surface area contributed by atoms with Crippen LogP contribution in [0.15, 0.2) is 36.7 Å². The van der Waals surface area contributed by atoms with Crippen molar-refractivity contribution in [2.75, 3.05) is 7.11 Å². The Bertz CT molecular complexity index is 585. The molecule has 84 valence electrons. The van der Waals surface area contributed by atoms with Gasteiger partial charge in [0.05, 0.1) is 24.9 Å². The monoisotopic (exact) mass is 224 g/mol. The van der Waals surface area contributed by atoms with Crippen molar-refractivity contribution in [2.24, 2.45) is 0 Å². The lowest BCUT2D eigenvalue weighted by Crippen LogP contribution is -1.88. The highest BCUT2D eigenvalue weighted by Gasteiger charge is 2.03. The minimum Gasteiger partial charge on any atom is -0.495 e. The van der Waals surface area contributed by atoms with Crippen LogP contribution >= 0.6 is 0 Å². The second kappa shape index (κ2) is 4.67. The van der Waals surface area contributed by atoms with Gasteiger partial charge in [-0.1, -0.05) is 12.1 Å². The summed E-state index contributed by atoms with van der Waals surface area (Å²) in [5.74, 6) is 0.726. The van der Waals surface area contributed by atoms with Crippen LogP contribution in [-0.2, 0) is 0 Å². The number of aryl methyl sites for hydroxylation is 1. The number of nitriles is 1. The molecule has 3 nitrogen and oxygen atoms in total. The summed E-state index contributed by atoms with van der Waals surface area (Å²) in [6.45, 7) is 1.93. The third-order valence-electron chi connectivity index (χ3n) is 2.63. The van der Waals surface area contributed by atoms with Crippen molar-refractivity contribution in [1.29, 1.82) is 5.26 Å². The average molecular weight is 224 g/mol. The van der Waals surface area contributed by atoms with Crippen molar-refractivity contribution in [2.45, 2.75) is 6.92 Å². The Morgan fingerprint density at radius 3 is 2.65 bits per heavy atom. The molecule has 2 aromatic rings. The number of rotatable bonds is 2. The maximum Gasteiger partial charge on any atom is 0.137 e. The van der Waals surface area contributed by atoms with Crippen molar-refractivity contribution in [3.05, 3.63) is 47.8 Å². The summed E-state index contributed by atoms with van der Waals surface area (Å²) < 4.78 is 5.14. The summed E-state index contributed by atoms with van der Waals surface area (Å²) in [4.78, 5) is 4.11. The second-order valence-electron chi connectivity index (χ2n) is 3.75. The molecule has 0 aliphatic heterocycles. The molecule has 17 heavy (non-hydrogen) atoms. The summed E-state index contributed by atoms with van der Waals surface area (Å²) in [7, 11) is 1.62. The van der Waals surface area contributed by atoms with Gasteiger partial charge in [-0.3, -0.25) is 4.98 Å². The Labute approximate surface area is 100 Å². The van der Waals surface area contributed by atoms with Gasteiger partial charge in [0.2, 0.25) is 0 Å². The summed E-state index contributed by atoms with van der Waals surface area (Å²) in [5.41, 5.74) is 3.68. The minimum atomic E-state index is 0.699. The molecule has 0 atom stereocenters. The number of nitrogens with zero attached hydrogens (tertiary/aromatic N) is 2.